The Bertz CT molecular complexity index is 863. The van der Waals surface area contributed by atoms with Crippen molar-refractivity contribution in [1.29, 1.82) is 0 Å². The molecule has 0 spiro atoms. The number of fused-ring (bicyclic) bond motifs is 1. The average molecular weight is 336 g/mol. The molecule has 0 amide bonds. The van der Waals surface area contributed by atoms with Crippen molar-refractivity contribution in [3.63, 3.8) is 0 Å². The summed E-state index contributed by atoms with van der Waals surface area (Å²) in [6.07, 6.45) is 0.965. The lowest BCUT2D eigenvalue weighted by molar-refractivity contribution is 0.811. The number of nitrogens with two attached hydrogens (primary N) is 1. The first-order valence-corrected chi connectivity index (χ1v) is 8.46. The summed E-state index contributed by atoms with van der Waals surface area (Å²) >= 11 is 0. The van der Waals surface area contributed by atoms with Crippen LogP contribution >= 0.6 is 0 Å². The molecule has 0 saturated carbocycles. The van der Waals surface area contributed by atoms with Gasteiger partial charge < -0.3 is 16.0 Å². The van der Waals surface area contributed by atoms with Crippen molar-refractivity contribution in [2.24, 2.45) is 0 Å². The molecule has 3 aromatic rings. The zero-order valence-corrected chi connectivity index (χ0v) is 15.0. The summed E-state index contributed by atoms with van der Waals surface area (Å²) in [4.78, 5) is 15.6. The highest BCUT2D eigenvalue weighted by Gasteiger charge is 2.09. The van der Waals surface area contributed by atoms with Gasteiger partial charge in [-0.15, -0.1) is 0 Å². The topological polar surface area (TPSA) is 80.0 Å². The van der Waals surface area contributed by atoms with Crippen LogP contribution in [0.3, 0.4) is 0 Å². The SMILES string of the molecule is Cc1cc(C)c2c(N)nc(NCCCN(C)c3ccccc3)nc2n1. The Morgan fingerprint density at radius 2 is 1.84 bits per heavy atom. The zero-order valence-electron chi connectivity index (χ0n) is 15.0. The lowest BCUT2D eigenvalue weighted by atomic mass is 10.1. The number of benzene rings is 1. The Kier molecular flexibility index (Phi) is 4.97. The van der Waals surface area contributed by atoms with Crippen LogP contribution in [-0.2, 0) is 0 Å². The lowest BCUT2D eigenvalue weighted by Gasteiger charge is -2.19. The van der Waals surface area contributed by atoms with Gasteiger partial charge in [0, 0.05) is 31.5 Å². The maximum absolute atomic E-state index is 6.10. The molecule has 0 aliphatic rings. The van der Waals surface area contributed by atoms with Crippen LogP contribution in [0.4, 0.5) is 17.5 Å². The number of aromatic nitrogens is 3. The molecule has 3 rings (SSSR count). The molecule has 0 fully saturated rings. The highest BCUT2D eigenvalue weighted by atomic mass is 15.1. The lowest BCUT2D eigenvalue weighted by Crippen LogP contribution is -2.21. The van der Waals surface area contributed by atoms with Crippen molar-refractivity contribution in [1.82, 2.24) is 15.0 Å². The van der Waals surface area contributed by atoms with E-state index in [1.807, 2.05) is 38.1 Å². The number of nitrogens with one attached hydrogen (secondary N) is 1. The van der Waals surface area contributed by atoms with Gasteiger partial charge in [-0.05, 0) is 44.0 Å². The van der Waals surface area contributed by atoms with Gasteiger partial charge in [0.2, 0.25) is 5.95 Å². The van der Waals surface area contributed by atoms with Gasteiger partial charge in [0.25, 0.3) is 0 Å². The van der Waals surface area contributed by atoms with Gasteiger partial charge in [-0.25, -0.2) is 4.98 Å². The van der Waals surface area contributed by atoms with Gasteiger partial charge in [-0.1, -0.05) is 18.2 Å². The molecule has 2 aromatic heterocycles. The van der Waals surface area contributed by atoms with E-state index in [4.69, 9.17) is 5.73 Å². The standard InChI is InChI=1S/C19H24N6/c1-13-12-14(2)22-18-16(13)17(20)23-19(24-18)21-10-7-11-25(3)15-8-5-4-6-9-15/h4-6,8-9,12H,7,10-11H2,1-3H3,(H3,20,21,22,23,24). The van der Waals surface area contributed by atoms with E-state index in [0.29, 0.717) is 17.4 Å². The Labute approximate surface area is 148 Å². The van der Waals surface area contributed by atoms with E-state index < -0.39 is 0 Å². The maximum atomic E-state index is 6.10. The molecule has 130 valence electrons. The van der Waals surface area contributed by atoms with E-state index in [1.165, 1.54) is 5.69 Å². The minimum atomic E-state index is 0.471. The van der Waals surface area contributed by atoms with Gasteiger partial charge in [-0.2, -0.15) is 9.97 Å². The van der Waals surface area contributed by atoms with Crippen LogP contribution in [-0.4, -0.2) is 35.1 Å². The van der Waals surface area contributed by atoms with Crippen molar-refractivity contribution in [3.8, 4) is 0 Å². The Morgan fingerprint density at radius 1 is 1.08 bits per heavy atom. The van der Waals surface area contributed by atoms with Crippen molar-refractivity contribution >= 4 is 28.5 Å². The highest BCUT2D eigenvalue weighted by molar-refractivity contribution is 5.89. The second kappa shape index (κ2) is 7.34. The predicted octanol–water partition coefficient (Wildman–Crippen LogP) is 3.16. The molecule has 6 heteroatoms. The van der Waals surface area contributed by atoms with Crippen molar-refractivity contribution in [3.05, 3.63) is 47.7 Å². The van der Waals surface area contributed by atoms with Crippen molar-refractivity contribution in [2.75, 3.05) is 36.1 Å². The average Bonchev–Trinajstić information content (AvgIpc) is 2.58. The fourth-order valence-corrected chi connectivity index (χ4v) is 2.92. The van der Waals surface area contributed by atoms with Crippen LogP contribution in [0.25, 0.3) is 11.0 Å². The molecule has 6 nitrogen and oxygen atoms in total. The van der Waals surface area contributed by atoms with E-state index in [9.17, 15) is 0 Å². The number of rotatable bonds is 6. The molecule has 0 atom stereocenters. The third kappa shape index (κ3) is 3.96. The fourth-order valence-electron chi connectivity index (χ4n) is 2.92. The van der Waals surface area contributed by atoms with Gasteiger partial charge >= 0.3 is 0 Å². The van der Waals surface area contributed by atoms with Gasteiger partial charge in [0.05, 0.1) is 5.39 Å². The van der Waals surface area contributed by atoms with Gasteiger partial charge in [0.1, 0.15) is 5.82 Å². The van der Waals surface area contributed by atoms with Crippen LogP contribution in [0.1, 0.15) is 17.7 Å². The summed E-state index contributed by atoms with van der Waals surface area (Å²) in [5.41, 5.74) is 9.94. The zero-order chi connectivity index (χ0) is 17.8. The van der Waals surface area contributed by atoms with Crippen LogP contribution < -0.4 is 16.0 Å². The Hall–Kier alpha value is -2.89. The third-order valence-corrected chi connectivity index (χ3v) is 4.17. The first-order valence-electron chi connectivity index (χ1n) is 8.46. The summed E-state index contributed by atoms with van der Waals surface area (Å²) in [5, 5.41) is 4.09. The summed E-state index contributed by atoms with van der Waals surface area (Å²) < 4.78 is 0. The fraction of sp³-hybridized carbons (Fsp3) is 0.316. The normalized spacial score (nSPS) is 10.8. The van der Waals surface area contributed by atoms with Crippen molar-refractivity contribution in [2.45, 2.75) is 20.3 Å². The van der Waals surface area contributed by atoms with E-state index in [2.05, 4.69) is 44.3 Å². The molecule has 0 saturated heterocycles. The summed E-state index contributed by atoms with van der Waals surface area (Å²) in [7, 11) is 2.09. The molecule has 1 aromatic carbocycles. The van der Waals surface area contributed by atoms with Crippen molar-refractivity contribution < 1.29 is 0 Å². The predicted molar refractivity (Wildman–Crippen MR) is 104 cm³/mol. The van der Waals surface area contributed by atoms with Gasteiger partial charge in [-0.3, -0.25) is 0 Å². The summed E-state index contributed by atoms with van der Waals surface area (Å²) in [6, 6.07) is 12.3. The number of aryl methyl sites for hydroxylation is 2. The quantitative estimate of drug-likeness (QED) is 0.673. The minimum absolute atomic E-state index is 0.471. The molecule has 3 N–H and O–H groups in total. The van der Waals surface area contributed by atoms with E-state index in [-0.39, 0.29) is 0 Å². The molecule has 2 heterocycles. The third-order valence-electron chi connectivity index (χ3n) is 4.17. The first kappa shape index (κ1) is 17.0. The molecule has 0 unspecified atom stereocenters. The Balaban J connectivity index is 1.62. The maximum Gasteiger partial charge on any atom is 0.226 e. The van der Waals surface area contributed by atoms with E-state index in [0.717, 1.165) is 36.2 Å². The largest absolute Gasteiger partial charge is 0.383 e. The summed E-state index contributed by atoms with van der Waals surface area (Å²) in [6.45, 7) is 5.67. The number of pyridine rings is 1. The molecule has 0 aliphatic carbocycles. The molecule has 0 aliphatic heterocycles. The molecular weight excluding hydrogens is 312 g/mol. The van der Waals surface area contributed by atoms with Gasteiger partial charge in [0.15, 0.2) is 5.65 Å². The van der Waals surface area contributed by atoms with Crippen LogP contribution in [0, 0.1) is 13.8 Å². The number of para-hydroxylation sites is 1. The van der Waals surface area contributed by atoms with Crippen LogP contribution in [0.5, 0.6) is 0 Å². The Morgan fingerprint density at radius 3 is 2.60 bits per heavy atom. The van der Waals surface area contributed by atoms with E-state index in [1.54, 1.807) is 0 Å². The smallest absolute Gasteiger partial charge is 0.226 e. The summed E-state index contributed by atoms with van der Waals surface area (Å²) in [5.74, 6) is 1.00. The minimum Gasteiger partial charge on any atom is -0.383 e. The number of hydrogen-bond donors (Lipinski definition) is 2. The molecule has 25 heavy (non-hydrogen) atoms. The second-order valence-electron chi connectivity index (χ2n) is 6.25. The first-order chi connectivity index (χ1) is 12.0. The van der Waals surface area contributed by atoms with E-state index >= 15 is 0 Å². The second-order valence-corrected chi connectivity index (χ2v) is 6.25. The monoisotopic (exact) mass is 336 g/mol. The van der Waals surface area contributed by atoms with Crippen LogP contribution in [0.2, 0.25) is 0 Å². The number of anilines is 3. The number of nitrogen functional groups attached to an aromatic ring is 1. The molecule has 0 bridgehead atoms. The number of nitrogens with zero attached hydrogens (tertiary/aromatic N) is 4. The number of hydrogen-bond acceptors (Lipinski definition) is 6. The highest BCUT2D eigenvalue weighted by Crippen LogP contribution is 2.22. The molecular formula is C19H24N6. The van der Waals surface area contributed by atoms with Crippen LogP contribution in [0.15, 0.2) is 36.4 Å². The molecule has 0 radical (unpaired) electrons.